The first-order valence-corrected chi connectivity index (χ1v) is 5.75. The average molecular weight is 228 g/mol. The van der Waals surface area contributed by atoms with Gasteiger partial charge < -0.3 is 5.11 Å². The van der Waals surface area contributed by atoms with Crippen molar-refractivity contribution in [3.63, 3.8) is 0 Å². The van der Waals surface area contributed by atoms with Crippen molar-refractivity contribution in [1.29, 1.82) is 0 Å². The van der Waals surface area contributed by atoms with E-state index in [9.17, 15) is 9.18 Å². The van der Waals surface area contributed by atoms with Crippen LogP contribution in [0.4, 0.5) is 4.39 Å². The van der Waals surface area contributed by atoms with Crippen molar-refractivity contribution in [2.24, 2.45) is 0 Å². The van der Waals surface area contributed by atoms with Crippen LogP contribution in [-0.4, -0.2) is 16.0 Å². The third-order valence-electron chi connectivity index (χ3n) is 1.93. The van der Waals surface area contributed by atoms with Crippen LogP contribution in [0.5, 0.6) is 5.75 Å². The Labute approximate surface area is 92.5 Å². The van der Waals surface area contributed by atoms with Gasteiger partial charge in [0, 0.05) is 6.42 Å². The average Bonchev–Trinajstić information content (AvgIpc) is 2.20. The minimum Gasteiger partial charge on any atom is -0.508 e. The fourth-order valence-corrected chi connectivity index (χ4v) is 1.79. The molecule has 2 nitrogen and oxygen atoms in total. The summed E-state index contributed by atoms with van der Waals surface area (Å²) >= 11 is 1.24. The quantitative estimate of drug-likeness (QED) is 0.861. The molecule has 0 fully saturated rings. The molecule has 0 amide bonds. The van der Waals surface area contributed by atoms with Gasteiger partial charge in [0.15, 0.2) is 5.12 Å². The molecule has 0 saturated carbocycles. The van der Waals surface area contributed by atoms with E-state index in [0.717, 1.165) is 5.75 Å². The fraction of sp³-hybridized carbons (Fsp3) is 0.364. The highest BCUT2D eigenvalue weighted by molar-refractivity contribution is 8.13. The van der Waals surface area contributed by atoms with E-state index in [-0.39, 0.29) is 16.7 Å². The molecule has 0 radical (unpaired) electrons. The minimum atomic E-state index is -0.373. The highest BCUT2D eigenvalue weighted by atomic mass is 32.2. The Morgan fingerprint density at radius 3 is 2.93 bits per heavy atom. The minimum absolute atomic E-state index is 0.0296. The van der Waals surface area contributed by atoms with Crippen LogP contribution in [0.3, 0.4) is 0 Å². The Hall–Kier alpha value is -1.03. The number of aromatic hydroxyl groups is 1. The standard InChI is InChI=1S/C11H13FO2S/c1-2-15-11(14)6-3-8-7-9(13)4-5-10(8)12/h4-5,7,13H,2-3,6H2,1H3. The van der Waals surface area contributed by atoms with Crippen molar-refractivity contribution >= 4 is 16.9 Å². The molecule has 0 bridgehead atoms. The summed E-state index contributed by atoms with van der Waals surface area (Å²) in [5.74, 6) is 0.394. The Bertz CT molecular complexity index is 352. The number of carbonyl (C=O) groups is 1. The molecular formula is C11H13FO2S. The van der Waals surface area contributed by atoms with Crippen LogP contribution in [-0.2, 0) is 11.2 Å². The van der Waals surface area contributed by atoms with Crippen LogP contribution in [0.2, 0.25) is 0 Å². The number of benzene rings is 1. The largest absolute Gasteiger partial charge is 0.508 e. The molecule has 4 heteroatoms. The van der Waals surface area contributed by atoms with Gasteiger partial charge in [0.1, 0.15) is 11.6 Å². The van der Waals surface area contributed by atoms with Gasteiger partial charge in [-0.3, -0.25) is 4.79 Å². The molecule has 0 aliphatic rings. The molecule has 1 aromatic rings. The number of halogens is 1. The molecule has 0 heterocycles. The zero-order chi connectivity index (χ0) is 11.3. The third kappa shape index (κ3) is 3.91. The Kier molecular flexibility index (Phi) is 4.62. The van der Waals surface area contributed by atoms with E-state index in [4.69, 9.17) is 5.11 Å². The number of phenolic OH excluding ortho intramolecular Hbond substituents is 1. The predicted octanol–water partition coefficient (Wildman–Crippen LogP) is 2.74. The molecular weight excluding hydrogens is 215 g/mol. The molecule has 0 unspecified atom stereocenters. The SMILES string of the molecule is CCSC(=O)CCc1cc(O)ccc1F. The Balaban J connectivity index is 2.57. The van der Waals surface area contributed by atoms with Crippen molar-refractivity contribution in [2.45, 2.75) is 19.8 Å². The Morgan fingerprint density at radius 2 is 2.27 bits per heavy atom. The lowest BCUT2D eigenvalue weighted by Crippen LogP contribution is -1.97. The van der Waals surface area contributed by atoms with Crippen molar-refractivity contribution < 1.29 is 14.3 Å². The fourth-order valence-electron chi connectivity index (χ4n) is 1.22. The highest BCUT2D eigenvalue weighted by Gasteiger charge is 2.06. The van der Waals surface area contributed by atoms with Crippen molar-refractivity contribution in [3.05, 3.63) is 29.6 Å². The van der Waals surface area contributed by atoms with Gasteiger partial charge in [-0.2, -0.15) is 0 Å². The van der Waals surface area contributed by atoms with Crippen LogP contribution in [0.15, 0.2) is 18.2 Å². The molecule has 0 aliphatic carbocycles. The van der Waals surface area contributed by atoms with E-state index in [1.165, 1.54) is 30.0 Å². The van der Waals surface area contributed by atoms with Gasteiger partial charge >= 0.3 is 0 Å². The molecule has 0 aliphatic heterocycles. The number of rotatable bonds is 4. The lowest BCUT2D eigenvalue weighted by Gasteiger charge is -2.02. The molecule has 0 spiro atoms. The van der Waals surface area contributed by atoms with Gasteiger partial charge in [-0.15, -0.1) is 0 Å². The van der Waals surface area contributed by atoms with Crippen molar-refractivity contribution in [3.8, 4) is 5.75 Å². The smallest absolute Gasteiger partial charge is 0.189 e. The third-order valence-corrected chi connectivity index (χ3v) is 2.75. The monoisotopic (exact) mass is 228 g/mol. The molecule has 1 aromatic carbocycles. The van der Waals surface area contributed by atoms with E-state index < -0.39 is 0 Å². The van der Waals surface area contributed by atoms with Gasteiger partial charge in [0.2, 0.25) is 0 Å². The van der Waals surface area contributed by atoms with Gasteiger partial charge in [-0.05, 0) is 35.9 Å². The predicted molar refractivity (Wildman–Crippen MR) is 59.5 cm³/mol. The second kappa shape index (κ2) is 5.75. The maximum absolute atomic E-state index is 13.2. The van der Waals surface area contributed by atoms with E-state index in [1.807, 2.05) is 6.92 Å². The lowest BCUT2D eigenvalue weighted by molar-refractivity contribution is -0.110. The topological polar surface area (TPSA) is 37.3 Å². The summed E-state index contributed by atoms with van der Waals surface area (Å²) in [6, 6.07) is 3.86. The molecule has 0 saturated heterocycles. The van der Waals surface area contributed by atoms with Gasteiger partial charge in [-0.1, -0.05) is 18.7 Å². The number of aryl methyl sites for hydroxylation is 1. The summed E-state index contributed by atoms with van der Waals surface area (Å²) in [5.41, 5.74) is 0.389. The van der Waals surface area contributed by atoms with E-state index in [2.05, 4.69) is 0 Å². The first-order valence-electron chi connectivity index (χ1n) is 4.76. The van der Waals surface area contributed by atoms with Gasteiger partial charge in [-0.25, -0.2) is 4.39 Å². The second-order valence-electron chi connectivity index (χ2n) is 3.08. The molecule has 0 aromatic heterocycles. The molecule has 15 heavy (non-hydrogen) atoms. The molecule has 82 valence electrons. The van der Waals surface area contributed by atoms with Crippen LogP contribution in [0.25, 0.3) is 0 Å². The number of thioether (sulfide) groups is 1. The summed E-state index contributed by atoms with van der Waals surface area (Å²) in [6.07, 6.45) is 0.644. The van der Waals surface area contributed by atoms with Crippen molar-refractivity contribution in [2.75, 3.05) is 5.75 Å². The van der Waals surface area contributed by atoms with Crippen LogP contribution in [0, 0.1) is 5.82 Å². The van der Waals surface area contributed by atoms with E-state index in [1.54, 1.807) is 0 Å². The van der Waals surface area contributed by atoms with Gasteiger partial charge in [0.25, 0.3) is 0 Å². The zero-order valence-electron chi connectivity index (χ0n) is 8.50. The summed E-state index contributed by atoms with van der Waals surface area (Å²) < 4.78 is 13.2. The maximum atomic E-state index is 13.2. The summed E-state index contributed by atoms with van der Waals surface area (Å²) in [5, 5.41) is 9.21. The van der Waals surface area contributed by atoms with Crippen LogP contribution < -0.4 is 0 Å². The van der Waals surface area contributed by atoms with E-state index in [0.29, 0.717) is 18.4 Å². The number of carbonyl (C=O) groups excluding carboxylic acids is 1. The normalized spacial score (nSPS) is 10.3. The van der Waals surface area contributed by atoms with Gasteiger partial charge in [0.05, 0.1) is 0 Å². The van der Waals surface area contributed by atoms with E-state index >= 15 is 0 Å². The number of hydrogen-bond donors (Lipinski definition) is 1. The summed E-state index contributed by atoms with van der Waals surface area (Å²) in [6.45, 7) is 1.90. The summed E-state index contributed by atoms with van der Waals surface area (Å²) in [4.78, 5) is 11.2. The number of hydrogen-bond acceptors (Lipinski definition) is 3. The molecule has 1 N–H and O–H groups in total. The lowest BCUT2D eigenvalue weighted by atomic mass is 10.1. The molecule has 0 atom stereocenters. The van der Waals surface area contributed by atoms with Crippen molar-refractivity contribution in [1.82, 2.24) is 0 Å². The maximum Gasteiger partial charge on any atom is 0.189 e. The van der Waals surface area contributed by atoms with Crippen LogP contribution in [0.1, 0.15) is 18.9 Å². The first-order chi connectivity index (χ1) is 7.13. The molecule has 1 rings (SSSR count). The summed E-state index contributed by atoms with van der Waals surface area (Å²) in [7, 11) is 0. The first kappa shape index (κ1) is 12.0. The van der Waals surface area contributed by atoms with Crippen LogP contribution >= 0.6 is 11.8 Å². The second-order valence-corrected chi connectivity index (χ2v) is 4.40. The Morgan fingerprint density at radius 1 is 1.53 bits per heavy atom. The number of phenols is 1. The zero-order valence-corrected chi connectivity index (χ0v) is 9.31. The highest BCUT2D eigenvalue weighted by Crippen LogP contribution is 2.18.